The third-order valence-corrected chi connectivity index (χ3v) is 11.2. The molecule has 5 N–H and O–H groups in total. The molecule has 1 aromatic heterocycles. The summed E-state index contributed by atoms with van der Waals surface area (Å²) in [6, 6.07) is 7.56. The molecular formula is C40H51F4N5O5. The molecule has 10 nitrogen and oxygen atoms in total. The van der Waals surface area contributed by atoms with Crippen molar-refractivity contribution in [2.45, 2.75) is 103 Å². The van der Waals surface area contributed by atoms with E-state index in [1.165, 1.54) is 24.3 Å². The monoisotopic (exact) mass is 757 g/mol. The van der Waals surface area contributed by atoms with E-state index in [-0.39, 0.29) is 59.9 Å². The number of hydrogen-bond donors (Lipinski definition) is 5. The van der Waals surface area contributed by atoms with Gasteiger partial charge in [-0.3, -0.25) is 19.2 Å². The minimum Gasteiger partial charge on any atom is -0.381 e. The lowest BCUT2D eigenvalue weighted by molar-refractivity contribution is -0.139. The Morgan fingerprint density at radius 2 is 1.59 bits per heavy atom. The van der Waals surface area contributed by atoms with Crippen molar-refractivity contribution in [2.75, 3.05) is 19.8 Å². The van der Waals surface area contributed by atoms with Gasteiger partial charge < -0.3 is 31.0 Å². The van der Waals surface area contributed by atoms with Crippen LogP contribution in [0, 0.1) is 23.6 Å². The lowest BCUT2D eigenvalue weighted by atomic mass is 9.78. The molecule has 1 fully saturated rings. The zero-order chi connectivity index (χ0) is 39.2. The number of aromatic amines is 1. The fourth-order valence-corrected chi connectivity index (χ4v) is 7.41. The summed E-state index contributed by atoms with van der Waals surface area (Å²) in [5.74, 6) is -3.36. The van der Waals surface area contributed by atoms with Gasteiger partial charge >= 0.3 is 6.18 Å². The van der Waals surface area contributed by atoms with Gasteiger partial charge in [0.2, 0.25) is 23.6 Å². The highest BCUT2D eigenvalue weighted by atomic mass is 19.4. The van der Waals surface area contributed by atoms with E-state index >= 15 is 0 Å². The molecule has 1 aliphatic carbocycles. The number of para-hydroxylation sites is 1. The van der Waals surface area contributed by atoms with Gasteiger partial charge in [0.25, 0.3) is 0 Å². The molecule has 2 unspecified atom stereocenters. The summed E-state index contributed by atoms with van der Waals surface area (Å²) < 4.78 is 62.0. The Hall–Kier alpha value is -4.46. The average molecular weight is 758 g/mol. The summed E-state index contributed by atoms with van der Waals surface area (Å²) in [4.78, 5) is 58.9. The second-order valence-electron chi connectivity index (χ2n) is 14.9. The van der Waals surface area contributed by atoms with Gasteiger partial charge in [-0.15, -0.1) is 0 Å². The van der Waals surface area contributed by atoms with Gasteiger partial charge in [-0.05, 0) is 66.7 Å². The Bertz CT molecular complexity index is 1820. The molecule has 1 aliphatic heterocycles. The third-order valence-electron chi connectivity index (χ3n) is 11.2. The van der Waals surface area contributed by atoms with E-state index in [9.17, 15) is 36.7 Å². The number of carbonyl (C=O) groups is 4. The maximum Gasteiger partial charge on any atom is 0.418 e. The van der Waals surface area contributed by atoms with Crippen LogP contribution in [0.5, 0.6) is 0 Å². The van der Waals surface area contributed by atoms with Gasteiger partial charge in [-0.25, -0.2) is 4.39 Å². The van der Waals surface area contributed by atoms with Gasteiger partial charge in [-0.2, -0.15) is 13.2 Å². The Kier molecular flexibility index (Phi) is 13.1. The number of ether oxygens (including phenoxy) is 1. The van der Waals surface area contributed by atoms with Crippen LogP contribution >= 0.6 is 0 Å². The SMILES string of the molecule is CCC(C)[C@H](NC(=O)Cc1ccccc1F)C(=O)N[C@]1(C(=O)N[C@H](C(=O)NCC2CCOCC2)C(C)CC)CCc2[nH]c3c(C(F)(F)F)cccc3c2C1. The van der Waals surface area contributed by atoms with Gasteiger partial charge in [0.15, 0.2) is 0 Å². The van der Waals surface area contributed by atoms with E-state index in [0.717, 1.165) is 18.9 Å². The minimum absolute atomic E-state index is 0.000928. The van der Waals surface area contributed by atoms with E-state index in [0.29, 0.717) is 43.9 Å². The molecule has 5 rings (SSSR count). The van der Waals surface area contributed by atoms with Crippen LogP contribution in [-0.4, -0.2) is 66.0 Å². The van der Waals surface area contributed by atoms with E-state index < -0.39 is 58.8 Å². The largest absolute Gasteiger partial charge is 0.418 e. The van der Waals surface area contributed by atoms with E-state index in [2.05, 4.69) is 26.3 Å². The van der Waals surface area contributed by atoms with Crippen molar-refractivity contribution < 1.29 is 41.5 Å². The number of H-pyrrole nitrogens is 1. The number of amides is 4. The van der Waals surface area contributed by atoms with Crippen LogP contribution in [0.1, 0.15) is 82.2 Å². The highest BCUT2D eigenvalue weighted by Crippen LogP contribution is 2.40. The van der Waals surface area contributed by atoms with Crippen LogP contribution in [-0.2, 0) is 49.4 Å². The third kappa shape index (κ3) is 9.24. The lowest BCUT2D eigenvalue weighted by Gasteiger charge is -2.40. The number of fused-ring (bicyclic) bond motifs is 3. The Morgan fingerprint density at radius 1 is 0.926 bits per heavy atom. The summed E-state index contributed by atoms with van der Waals surface area (Å²) in [7, 11) is 0. The number of halogens is 4. The molecule has 294 valence electrons. The number of rotatable bonds is 14. The second kappa shape index (κ2) is 17.3. The number of benzene rings is 2. The van der Waals surface area contributed by atoms with Crippen molar-refractivity contribution in [3.05, 3.63) is 70.7 Å². The number of aryl methyl sites for hydroxylation is 1. The predicted octanol–water partition coefficient (Wildman–Crippen LogP) is 5.52. The molecule has 2 aliphatic rings. The summed E-state index contributed by atoms with van der Waals surface area (Å²) >= 11 is 0. The number of hydrogen-bond acceptors (Lipinski definition) is 5. The molecule has 1 saturated heterocycles. The number of aromatic nitrogens is 1. The van der Waals surface area contributed by atoms with Crippen LogP contribution in [0.15, 0.2) is 42.5 Å². The molecule has 0 bridgehead atoms. The first-order valence-corrected chi connectivity index (χ1v) is 18.9. The minimum atomic E-state index is -4.64. The van der Waals surface area contributed by atoms with Gasteiger partial charge in [0, 0.05) is 37.3 Å². The normalized spacial score (nSPS) is 19.9. The summed E-state index contributed by atoms with van der Waals surface area (Å²) in [6.45, 7) is 8.96. The Morgan fingerprint density at radius 3 is 2.24 bits per heavy atom. The second-order valence-corrected chi connectivity index (χ2v) is 14.9. The Labute approximate surface area is 312 Å². The van der Waals surface area contributed by atoms with E-state index in [1.807, 2.05) is 20.8 Å². The van der Waals surface area contributed by atoms with Crippen molar-refractivity contribution >= 4 is 34.5 Å². The maximum absolute atomic E-state index is 14.7. The standard InChI is InChI=1S/C40H51F4N5O5/c1-5-23(3)33(36(51)45-22-25-15-18-54-19-16-25)48-38(53)39(17-14-31-28(21-39)27-11-9-12-29(35(27)46-31)40(42,43)44)49-37(52)34(24(4)6-2)47-32(50)20-26-10-7-8-13-30(26)41/h7-13,23-25,33-34,46H,5-6,14-22H2,1-4H3,(H,45,51)(H,47,50)(H,48,53)(H,49,52)/t23?,24?,33-,34-,39+/m0/s1. The van der Waals surface area contributed by atoms with Crippen molar-refractivity contribution in [1.29, 1.82) is 0 Å². The van der Waals surface area contributed by atoms with Crippen molar-refractivity contribution in [3.8, 4) is 0 Å². The smallest absolute Gasteiger partial charge is 0.381 e. The quantitative estimate of drug-likeness (QED) is 0.138. The summed E-state index contributed by atoms with van der Waals surface area (Å²) in [6.07, 6.45) is -2.40. The van der Waals surface area contributed by atoms with Crippen molar-refractivity contribution in [3.63, 3.8) is 0 Å². The molecular weight excluding hydrogens is 706 g/mol. The van der Waals surface area contributed by atoms with E-state index in [4.69, 9.17) is 4.74 Å². The zero-order valence-corrected chi connectivity index (χ0v) is 31.3. The molecule has 0 radical (unpaired) electrons. The van der Waals surface area contributed by atoms with Gasteiger partial charge in [0.1, 0.15) is 23.4 Å². The van der Waals surface area contributed by atoms with Crippen LogP contribution in [0.2, 0.25) is 0 Å². The topological polar surface area (TPSA) is 141 Å². The highest BCUT2D eigenvalue weighted by Gasteiger charge is 2.47. The molecule has 2 heterocycles. The summed E-state index contributed by atoms with van der Waals surface area (Å²) in [5, 5.41) is 11.9. The van der Waals surface area contributed by atoms with Crippen LogP contribution in [0.3, 0.4) is 0 Å². The lowest BCUT2D eigenvalue weighted by Crippen LogP contribution is -2.67. The first-order valence-electron chi connectivity index (χ1n) is 18.9. The molecule has 14 heteroatoms. The molecule has 0 saturated carbocycles. The van der Waals surface area contributed by atoms with E-state index in [1.54, 1.807) is 19.1 Å². The van der Waals surface area contributed by atoms with Crippen LogP contribution < -0.4 is 21.3 Å². The average Bonchev–Trinajstić information content (AvgIpc) is 3.52. The number of alkyl halides is 3. The fraction of sp³-hybridized carbons (Fsp3) is 0.550. The van der Waals surface area contributed by atoms with Crippen molar-refractivity contribution in [1.82, 2.24) is 26.3 Å². The van der Waals surface area contributed by atoms with Gasteiger partial charge in [0.05, 0.1) is 17.5 Å². The molecule has 0 spiro atoms. The molecule has 3 aromatic rings. The molecule has 2 aromatic carbocycles. The van der Waals surface area contributed by atoms with Crippen LogP contribution in [0.4, 0.5) is 17.6 Å². The highest BCUT2D eigenvalue weighted by molar-refractivity contribution is 5.99. The molecule has 5 atom stereocenters. The Balaban J connectivity index is 1.47. The zero-order valence-electron chi connectivity index (χ0n) is 31.3. The number of nitrogens with one attached hydrogen (secondary N) is 5. The van der Waals surface area contributed by atoms with Crippen LogP contribution in [0.25, 0.3) is 10.9 Å². The first kappa shape index (κ1) is 40.7. The predicted molar refractivity (Wildman–Crippen MR) is 196 cm³/mol. The molecule has 4 amide bonds. The summed E-state index contributed by atoms with van der Waals surface area (Å²) in [5.41, 5.74) is -1.55. The first-order chi connectivity index (χ1) is 25.7. The van der Waals surface area contributed by atoms with Crippen molar-refractivity contribution in [2.24, 2.45) is 17.8 Å². The van der Waals surface area contributed by atoms with Gasteiger partial charge in [-0.1, -0.05) is 70.9 Å². The maximum atomic E-state index is 14.7. The fourth-order valence-electron chi connectivity index (χ4n) is 7.41. The molecule has 54 heavy (non-hydrogen) atoms. The number of carbonyl (C=O) groups excluding carboxylic acids is 4.